The van der Waals surface area contributed by atoms with Crippen molar-refractivity contribution < 1.29 is 14.6 Å². The summed E-state index contributed by atoms with van der Waals surface area (Å²) in [5.74, 6) is 5.99. The van der Waals surface area contributed by atoms with Gasteiger partial charge in [-0.05, 0) is 208 Å². The fourth-order valence-corrected chi connectivity index (χ4v) is 19.6. The highest BCUT2D eigenvalue weighted by molar-refractivity contribution is 9.11. The molecule has 0 bridgehead atoms. The van der Waals surface area contributed by atoms with Crippen LogP contribution < -0.4 is 22.5 Å². The smallest absolute Gasteiger partial charge is 0.314 e. The summed E-state index contributed by atoms with van der Waals surface area (Å²) in [7, 11) is 0. The molecule has 39 heteroatoms. The number of H-pyrrole nitrogens is 2. The number of hydrogen-bond donors (Lipinski definition) is 6. The first-order chi connectivity index (χ1) is 70.4. The second-order valence-electron chi connectivity index (χ2n) is 31.2. The van der Waals surface area contributed by atoms with E-state index in [2.05, 4.69) is 344 Å². The molecule has 22 aromatic rings. The Hall–Kier alpha value is -15.0. The Morgan fingerprint density at radius 3 is 1.12 bits per heavy atom. The normalized spacial score (nSPS) is 11.0. The van der Waals surface area contributed by atoms with E-state index in [-0.39, 0.29) is 28.3 Å². The van der Waals surface area contributed by atoms with Crippen LogP contribution in [0.25, 0.3) is 55.8 Å². The molecule has 0 aliphatic carbocycles. The number of nitrogens with zero attached hydrogens (tertiary/aromatic N) is 19. The molecule has 0 radical (unpaired) electrons. The van der Waals surface area contributed by atoms with Gasteiger partial charge in [0, 0.05) is 29.5 Å². The van der Waals surface area contributed by atoms with E-state index in [1.807, 2.05) is 217 Å². The number of carbonyl (C=O) groups excluding carboxylic acids is 1. The summed E-state index contributed by atoms with van der Waals surface area (Å²) < 4.78 is 11.0. The zero-order chi connectivity index (χ0) is 102. The minimum Gasteiger partial charge on any atom is -0.396 e. The Balaban J connectivity index is 0.000000130. The van der Waals surface area contributed by atoms with E-state index < -0.39 is 26.5 Å². The molecule has 0 aliphatic rings. The lowest BCUT2D eigenvalue weighted by molar-refractivity contribution is -0.383. The highest BCUT2D eigenvalue weighted by Crippen LogP contribution is 2.49. The van der Waals surface area contributed by atoms with Crippen molar-refractivity contribution in [3.8, 4) is 11.8 Å². The molecule has 0 atom stereocenters. The van der Waals surface area contributed by atoms with E-state index in [4.69, 9.17) is 32.2 Å². The molecule has 0 saturated carbocycles. The van der Waals surface area contributed by atoms with Gasteiger partial charge in [0.25, 0.3) is 5.91 Å². The number of aromatic nitrogens is 19. The van der Waals surface area contributed by atoms with E-state index in [1.54, 1.807) is 44.1 Å². The van der Waals surface area contributed by atoms with Crippen LogP contribution >= 0.6 is 143 Å². The Morgan fingerprint density at radius 2 is 0.710 bits per heavy atom. The van der Waals surface area contributed by atoms with Crippen LogP contribution in [0.1, 0.15) is 78.6 Å². The van der Waals surface area contributed by atoms with Gasteiger partial charge in [-0.3, -0.25) is 25.0 Å². The van der Waals surface area contributed by atoms with Gasteiger partial charge < -0.3 is 46.2 Å². The van der Waals surface area contributed by atoms with E-state index in [1.165, 1.54) is 18.6 Å². The molecule has 145 heavy (non-hydrogen) atoms. The molecular weight excluding hydrogens is 2420 g/mol. The number of amides is 1. The number of nitrogens with two attached hydrogens (primary N) is 3. The van der Waals surface area contributed by atoms with Gasteiger partial charge in [0.15, 0.2) is 56.6 Å². The number of aromatic amines is 2. The van der Waals surface area contributed by atoms with Gasteiger partial charge in [0.2, 0.25) is 0 Å². The summed E-state index contributed by atoms with van der Waals surface area (Å²) in [6, 6.07) is 102. The minimum atomic E-state index is -0.904. The van der Waals surface area contributed by atoms with Crippen LogP contribution in [0, 0.1) is 32.1 Å². The molecule has 0 spiro atoms. The van der Waals surface area contributed by atoms with Gasteiger partial charge in [0.1, 0.15) is 70.0 Å². The zero-order valence-corrected chi connectivity index (χ0v) is 89.9. The van der Waals surface area contributed by atoms with Crippen molar-refractivity contribution in [2.45, 2.75) is 28.9 Å². The Morgan fingerprint density at radius 1 is 0.372 bits per heavy atom. The lowest BCUT2D eigenvalue weighted by Gasteiger charge is -2.38. The van der Waals surface area contributed by atoms with Crippen LogP contribution in [0.3, 0.4) is 0 Å². The molecule has 0 saturated heterocycles. The third-order valence-corrected chi connectivity index (χ3v) is 26.4. The molecule has 30 nitrogen and oxygen atoms in total. The van der Waals surface area contributed by atoms with E-state index >= 15 is 0 Å². The van der Waals surface area contributed by atoms with Gasteiger partial charge in [-0.2, -0.15) is 0 Å². The number of nitrogen functional groups attached to an aromatic ring is 3. The third kappa shape index (κ3) is 22.7. The number of rotatable bonds is 17. The second-order valence-corrected chi connectivity index (χ2v) is 38.2. The molecule has 10 aromatic carbocycles. The van der Waals surface area contributed by atoms with E-state index in [0.717, 1.165) is 77.0 Å². The number of anilines is 4. The lowest BCUT2D eigenvalue weighted by atomic mass is 9.76. The van der Waals surface area contributed by atoms with Crippen LogP contribution in [0.5, 0.6) is 0 Å². The molecule has 0 unspecified atom stereocenters. The van der Waals surface area contributed by atoms with E-state index in [0.29, 0.717) is 99.8 Å². The maximum absolute atomic E-state index is 13.6. The van der Waals surface area contributed by atoms with Gasteiger partial charge >= 0.3 is 11.4 Å². The Bertz CT molecular complexity index is 8090. The maximum atomic E-state index is 13.6. The topological polar surface area (TPSA) is 420 Å². The first-order valence-corrected chi connectivity index (χ1v) is 51.1. The molecule has 12 heterocycles. The number of halogens is 9. The largest absolute Gasteiger partial charge is 0.396 e. The first kappa shape index (κ1) is 103. The van der Waals surface area contributed by atoms with Crippen LogP contribution in [-0.2, 0) is 21.9 Å². The average molecular weight is 2500 g/mol. The maximum Gasteiger partial charge on any atom is 0.314 e. The highest BCUT2D eigenvalue weighted by Gasteiger charge is 2.45. The summed E-state index contributed by atoms with van der Waals surface area (Å²) in [6.45, 7) is 1.72. The SMILES string of the molecule is Brc1cnc2[nH]ccc2n1.CC#Cc1nc(Br)cnc1N.Nc1cn(C(c2ccccc2)(c2ccccc2)c2ccccc2)c2ncc(Br)nc12.Nc1ncc(Br)nc1Br.O=C(Nc1cn(C(c2ccccc2)(c2ccccc2)c2ccccc2)c2ncc(Br)nc12)c1ccccc1CBr.O=[N+]([O-])c1c[nH]c2ncc(Br)nc12.O=[N+]([O-])c1cn(C(c2ccccc2)(c2ccccc2)c2ccccc2)c2ncc(Br)nc12. The van der Waals surface area contributed by atoms with Crippen LogP contribution in [0.2, 0.25) is 0 Å². The van der Waals surface area contributed by atoms with Crippen molar-refractivity contribution in [2.75, 3.05) is 22.5 Å². The summed E-state index contributed by atoms with van der Waals surface area (Å²) in [5, 5.41) is 26.2. The average Bonchev–Trinajstić information content (AvgIpc) is 1.62. The number of nitrogens with one attached hydrogen (secondary N) is 3. The van der Waals surface area contributed by atoms with Crippen molar-refractivity contribution in [3.05, 3.63) is 502 Å². The number of alkyl halides is 1. The van der Waals surface area contributed by atoms with Crippen LogP contribution in [0.4, 0.5) is 34.4 Å². The molecule has 0 aliphatic heterocycles. The number of benzene rings is 10. The van der Waals surface area contributed by atoms with Crippen molar-refractivity contribution in [1.29, 1.82) is 0 Å². The van der Waals surface area contributed by atoms with Gasteiger partial charge in [-0.1, -0.05) is 313 Å². The molecule has 718 valence electrons. The van der Waals surface area contributed by atoms with Crippen molar-refractivity contribution >= 4 is 239 Å². The summed E-state index contributed by atoms with van der Waals surface area (Å²) in [6.07, 6.45) is 19.7. The summed E-state index contributed by atoms with van der Waals surface area (Å²) >= 11 is 29.5. The molecule has 12 aromatic heterocycles. The number of fused-ring (bicyclic) bond motifs is 5. The van der Waals surface area contributed by atoms with E-state index in [9.17, 15) is 25.0 Å². The minimum absolute atomic E-state index is 0.0659. The predicted molar refractivity (Wildman–Crippen MR) is 596 cm³/mol. The summed E-state index contributed by atoms with van der Waals surface area (Å²) in [4.78, 5) is 100. The molecule has 9 N–H and O–H groups in total. The van der Waals surface area contributed by atoms with Crippen LogP contribution in [0.15, 0.2) is 415 Å². The monoisotopic (exact) mass is 2490 g/mol. The highest BCUT2D eigenvalue weighted by atomic mass is 79.9. The van der Waals surface area contributed by atoms with Crippen molar-refractivity contribution in [1.82, 2.24) is 93.4 Å². The van der Waals surface area contributed by atoms with Gasteiger partial charge in [-0.25, -0.2) is 69.8 Å². The number of nitro groups is 2. The third-order valence-electron chi connectivity index (χ3n) is 22.6. The quantitative estimate of drug-likeness (QED) is 0.0162. The Kier molecular flexibility index (Phi) is 33.7. The zero-order valence-electron chi connectivity index (χ0n) is 75.7. The standard InChI is InChI=1S/C33H24Br2N4O.C25H17BrN4O2.C25H19BrN4.C7H6BrN3.C6H3BrN4O2.C6H4BrN3.C4H3Br2N3/c34-20-23-12-10-11-19-27(23)32(40)37-28-22-39(31-30(28)38-29(35)21-36-31)33(24-13-4-1-5-14-24,25-15-6-2-7-16-25)26-17-8-3-9-18-26;26-22-16-27-24-23(28-22)21(30(31)32)17-29(24)25(18-10-4-1-5-11-18,19-12-6-2-7-13-19)20-14-8-3-9-15-20;26-22-16-28-24-23(29-22)21(27)17-30(24)25(18-10-4-1-5-11-18,19-12-6-2-7-13-19)20-14-8-3-9-15-20;1-2-3-5-7(9)10-4-6(8)11-5;7-4-2-9-6-5(10-4)3(1-8-6)11(12)13;7-5-3-9-6-4(10-5)1-2-8-6;5-2-1-8-4(7)3(6)9-2/h1-19,21-22H,20H2,(H,37,40);1-17H;1-17H,27H2;4H,1H3,(H2,9,10);1-2H,(H,8,9);1-3H,(H,8,9);1H,(H2,7,8). The lowest BCUT2D eigenvalue weighted by Crippen LogP contribution is -2.37. The molecule has 22 rings (SSSR count). The summed E-state index contributed by atoms with van der Waals surface area (Å²) in [5.41, 5.74) is 32.9. The first-order valence-electron chi connectivity index (χ1n) is 43.6. The molecule has 0 fully saturated rings. The second kappa shape index (κ2) is 47.5. The predicted octanol–water partition coefficient (Wildman–Crippen LogP) is 25.9. The van der Waals surface area contributed by atoms with Gasteiger partial charge in [-0.15, -0.1) is 0 Å². The molecular formula is C106H76Br9N25O5. The van der Waals surface area contributed by atoms with Crippen molar-refractivity contribution in [2.24, 2.45) is 0 Å². The fraction of sp³-hybridized carbons (Fsp3) is 0.0472. The Labute approximate surface area is 903 Å². The number of carbonyl (C=O) groups is 1. The van der Waals surface area contributed by atoms with Gasteiger partial charge in [0.05, 0.1) is 77.0 Å². The van der Waals surface area contributed by atoms with Crippen molar-refractivity contribution in [3.63, 3.8) is 0 Å². The number of hydrogen-bond acceptors (Lipinski definition) is 22. The fourth-order valence-electron chi connectivity index (χ4n) is 16.6. The van der Waals surface area contributed by atoms with Crippen LogP contribution in [-0.4, -0.2) is 109 Å². The molecule has 1 amide bonds.